The van der Waals surface area contributed by atoms with Crippen molar-refractivity contribution in [2.24, 2.45) is 0 Å². The third-order valence-electron chi connectivity index (χ3n) is 7.48. The van der Waals surface area contributed by atoms with Crippen LogP contribution in [0.4, 0.5) is 0 Å². The second-order valence-corrected chi connectivity index (χ2v) is 9.75. The SMILES string of the molecule is COc1ccc2c(ccn2CCNC(C)=C2C(=O)C=C3Oc4c(C(C)=O)c(O)c(C)c(O)c4C3(C)C2=O)c1. The van der Waals surface area contributed by atoms with Gasteiger partial charge in [0.1, 0.15) is 39.7 Å². The number of fused-ring (bicyclic) bond motifs is 4. The van der Waals surface area contributed by atoms with Crippen LogP contribution >= 0.6 is 0 Å². The lowest BCUT2D eigenvalue weighted by atomic mass is 9.70. The van der Waals surface area contributed by atoms with E-state index in [1.54, 1.807) is 21.0 Å². The summed E-state index contributed by atoms with van der Waals surface area (Å²) in [6.07, 6.45) is 3.17. The standard InChI is InChI=1S/C29H28N2O7/c1-14-25(34)23(16(3)32)27-24(26(14)35)29(4)21(38-27)13-20(33)22(28(29)36)15(2)30-9-11-31-10-8-17-12-18(37-5)6-7-19(17)31/h6-8,10,12-13,30,34-35H,9,11H2,1-5H3. The minimum absolute atomic E-state index is 0.0103. The normalized spacial score (nSPS) is 19.6. The van der Waals surface area contributed by atoms with Gasteiger partial charge in [0.2, 0.25) is 0 Å². The Kier molecular flexibility index (Phi) is 5.82. The van der Waals surface area contributed by atoms with Gasteiger partial charge in [-0.25, -0.2) is 0 Å². The molecule has 1 aliphatic carbocycles. The summed E-state index contributed by atoms with van der Waals surface area (Å²) in [5.41, 5.74) is -0.178. The number of methoxy groups -OCH3 is 1. The molecule has 2 aromatic carbocycles. The van der Waals surface area contributed by atoms with Crippen LogP contribution < -0.4 is 14.8 Å². The Morgan fingerprint density at radius 3 is 2.58 bits per heavy atom. The average Bonchev–Trinajstić information content (AvgIpc) is 3.41. The summed E-state index contributed by atoms with van der Waals surface area (Å²) in [6, 6.07) is 7.80. The third kappa shape index (κ3) is 3.49. The fraction of sp³-hybridized carbons (Fsp3) is 0.276. The highest BCUT2D eigenvalue weighted by atomic mass is 16.5. The Labute approximate surface area is 219 Å². The van der Waals surface area contributed by atoms with Crippen molar-refractivity contribution >= 4 is 28.3 Å². The number of ketones is 3. The summed E-state index contributed by atoms with van der Waals surface area (Å²) >= 11 is 0. The lowest BCUT2D eigenvalue weighted by Crippen LogP contribution is -2.41. The van der Waals surface area contributed by atoms with Crippen LogP contribution in [0, 0.1) is 6.92 Å². The lowest BCUT2D eigenvalue weighted by Gasteiger charge is -2.29. The molecule has 0 radical (unpaired) electrons. The number of hydrogen-bond donors (Lipinski definition) is 3. The second kappa shape index (κ2) is 8.79. The van der Waals surface area contributed by atoms with Gasteiger partial charge < -0.3 is 29.6 Å². The first kappa shape index (κ1) is 25.1. The van der Waals surface area contributed by atoms with E-state index in [4.69, 9.17) is 9.47 Å². The highest BCUT2D eigenvalue weighted by molar-refractivity contribution is 6.31. The zero-order valence-electron chi connectivity index (χ0n) is 21.8. The molecule has 3 N–H and O–H groups in total. The van der Waals surface area contributed by atoms with E-state index in [0.29, 0.717) is 18.8 Å². The number of aromatic hydroxyl groups is 2. The molecular weight excluding hydrogens is 488 g/mol. The maximum absolute atomic E-state index is 13.9. The number of carbonyl (C=O) groups is 3. The molecule has 9 heteroatoms. The van der Waals surface area contributed by atoms with E-state index < -0.39 is 28.5 Å². The molecule has 38 heavy (non-hydrogen) atoms. The number of rotatable bonds is 6. The maximum atomic E-state index is 13.9. The smallest absolute Gasteiger partial charge is 0.194 e. The van der Waals surface area contributed by atoms with Crippen LogP contribution in [-0.4, -0.2) is 45.8 Å². The Bertz CT molecular complexity index is 1630. The van der Waals surface area contributed by atoms with Crippen LogP contribution in [0.3, 0.4) is 0 Å². The van der Waals surface area contributed by atoms with Crippen molar-refractivity contribution < 1.29 is 34.1 Å². The van der Waals surface area contributed by atoms with Crippen LogP contribution in [0.25, 0.3) is 10.9 Å². The molecule has 0 bridgehead atoms. The van der Waals surface area contributed by atoms with Crippen molar-refractivity contribution in [3.8, 4) is 23.0 Å². The lowest BCUT2D eigenvalue weighted by molar-refractivity contribution is -0.123. The highest BCUT2D eigenvalue weighted by Crippen LogP contribution is 2.57. The summed E-state index contributed by atoms with van der Waals surface area (Å²) in [4.78, 5) is 39.3. The average molecular weight is 517 g/mol. The van der Waals surface area contributed by atoms with Gasteiger partial charge in [-0.1, -0.05) is 0 Å². The molecule has 196 valence electrons. The number of phenols is 2. The van der Waals surface area contributed by atoms with Crippen molar-refractivity contribution in [3.05, 3.63) is 70.3 Å². The van der Waals surface area contributed by atoms with Gasteiger partial charge in [0.15, 0.2) is 17.3 Å². The summed E-state index contributed by atoms with van der Waals surface area (Å²) in [6.45, 7) is 6.93. The van der Waals surface area contributed by atoms with Gasteiger partial charge in [-0.05, 0) is 52.0 Å². The molecule has 3 aromatic rings. The number of Topliss-reactive ketones (excluding diaryl/α,β-unsaturated/α-hetero) is 2. The second-order valence-electron chi connectivity index (χ2n) is 9.75. The van der Waals surface area contributed by atoms with Crippen molar-refractivity contribution in [2.75, 3.05) is 13.7 Å². The van der Waals surface area contributed by atoms with Crippen molar-refractivity contribution in [3.63, 3.8) is 0 Å². The molecule has 0 saturated heterocycles. The number of carbonyl (C=O) groups excluding carboxylic acids is 3. The van der Waals surface area contributed by atoms with E-state index in [-0.39, 0.29) is 39.5 Å². The predicted octanol–water partition coefficient (Wildman–Crippen LogP) is 3.82. The van der Waals surface area contributed by atoms with Gasteiger partial charge in [0, 0.05) is 47.5 Å². The predicted molar refractivity (Wildman–Crippen MR) is 140 cm³/mol. The van der Waals surface area contributed by atoms with Crippen LogP contribution in [0.15, 0.2) is 53.6 Å². The first-order chi connectivity index (χ1) is 18.0. The van der Waals surface area contributed by atoms with Gasteiger partial charge in [-0.15, -0.1) is 0 Å². The van der Waals surface area contributed by atoms with Crippen LogP contribution in [-0.2, 0) is 21.5 Å². The fourth-order valence-corrected chi connectivity index (χ4v) is 5.31. The van der Waals surface area contributed by atoms with E-state index in [1.807, 2.05) is 30.5 Å². The summed E-state index contributed by atoms with van der Waals surface area (Å²) in [7, 11) is 1.62. The Morgan fingerprint density at radius 2 is 1.89 bits per heavy atom. The first-order valence-electron chi connectivity index (χ1n) is 12.2. The molecule has 1 aliphatic heterocycles. The zero-order chi connectivity index (χ0) is 27.5. The minimum atomic E-state index is -1.54. The summed E-state index contributed by atoms with van der Waals surface area (Å²) in [5.74, 6) is -1.67. The van der Waals surface area contributed by atoms with E-state index in [9.17, 15) is 24.6 Å². The minimum Gasteiger partial charge on any atom is -0.507 e. The Hall–Kier alpha value is -4.53. The van der Waals surface area contributed by atoms with E-state index >= 15 is 0 Å². The topological polar surface area (TPSA) is 127 Å². The first-order valence-corrected chi connectivity index (χ1v) is 12.2. The van der Waals surface area contributed by atoms with Crippen LogP contribution in [0.5, 0.6) is 23.0 Å². The molecule has 0 spiro atoms. The van der Waals surface area contributed by atoms with Crippen LogP contribution in [0.1, 0.15) is 42.3 Å². The van der Waals surface area contributed by atoms with Crippen molar-refractivity contribution in [1.29, 1.82) is 0 Å². The molecule has 9 nitrogen and oxygen atoms in total. The molecule has 2 aliphatic rings. The molecule has 1 unspecified atom stereocenters. The Balaban J connectivity index is 1.47. The molecule has 0 fully saturated rings. The summed E-state index contributed by atoms with van der Waals surface area (Å²) < 4.78 is 13.1. The number of nitrogens with one attached hydrogen (secondary N) is 1. The number of nitrogens with zero attached hydrogens (tertiary/aromatic N) is 1. The monoisotopic (exact) mass is 516 g/mol. The van der Waals surface area contributed by atoms with Crippen molar-refractivity contribution in [1.82, 2.24) is 9.88 Å². The van der Waals surface area contributed by atoms with Gasteiger partial charge in [-0.2, -0.15) is 0 Å². The molecule has 5 rings (SSSR count). The van der Waals surface area contributed by atoms with Gasteiger partial charge >= 0.3 is 0 Å². The number of hydrogen-bond acceptors (Lipinski definition) is 8. The molecule has 0 amide bonds. The largest absolute Gasteiger partial charge is 0.507 e. The Morgan fingerprint density at radius 1 is 1.16 bits per heavy atom. The molecular formula is C29H28N2O7. The maximum Gasteiger partial charge on any atom is 0.194 e. The zero-order valence-corrected chi connectivity index (χ0v) is 21.8. The highest BCUT2D eigenvalue weighted by Gasteiger charge is 2.56. The molecule has 0 saturated carbocycles. The number of ether oxygens (including phenoxy) is 2. The number of allylic oxidation sites excluding steroid dienone is 4. The van der Waals surface area contributed by atoms with E-state index in [1.165, 1.54) is 19.9 Å². The van der Waals surface area contributed by atoms with E-state index in [2.05, 4.69) is 9.88 Å². The third-order valence-corrected chi connectivity index (χ3v) is 7.48. The van der Waals surface area contributed by atoms with E-state index in [0.717, 1.165) is 16.7 Å². The van der Waals surface area contributed by atoms with Crippen LogP contribution in [0.2, 0.25) is 0 Å². The van der Waals surface area contributed by atoms with Gasteiger partial charge in [0.05, 0.1) is 18.2 Å². The number of phenolic OH excluding ortho intramolecular Hbond substituents is 2. The molecule has 1 atom stereocenters. The molecule has 2 heterocycles. The number of benzene rings is 2. The fourth-order valence-electron chi connectivity index (χ4n) is 5.31. The number of aromatic nitrogens is 1. The van der Waals surface area contributed by atoms with Gasteiger partial charge in [-0.3, -0.25) is 14.4 Å². The summed E-state index contributed by atoms with van der Waals surface area (Å²) in [5, 5.41) is 25.6. The molecule has 1 aromatic heterocycles. The van der Waals surface area contributed by atoms with Crippen molar-refractivity contribution in [2.45, 2.75) is 39.7 Å². The van der Waals surface area contributed by atoms with Gasteiger partial charge in [0.25, 0.3) is 0 Å². The quantitative estimate of drug-likeness (QED) is 0.256.